The van der Waals surface area contributed by atoms with Crippen LogP contribution in [0.2, 0.25) is 0 Å². The number of aromatic nitrogens is 1. The van der Waals surface area contributed by atoms with E-state index in [0.717, 1.165) is 6.54 Å². The summed E-state index contributed by atoms with van der Waals surface area (Å²) in [5.74, 6) is 0. The van der Waals surface area contributed by atoms with Crippen LogP contribution in [0.15, 0.2) is 24.3 Å². The molecule has 96 valence electrons. The van der Waals surface area contributed by atoms with Gasteiger partial charge in [0.05, 0.1) is 5.69 Å². The Bertz CT molecular complexity index is 524. The summed E-state index contributed by atoms with van der Waals surface area (Å²) in [6, 6.07) is 9.19. The number of hydrogen-bond donors (Lipinski definition) is 3. The zero-order chi connectivity index (χ0) is 12.4. The second kappa shape index (κ2) is 5.02. The Labute approximate surface area is 108 Å². The lowest BCUT2D eigenvalue weighted by atomic mass is 10.1. The quantitative estimate of drug-likeness (QED) is 0.772. The molecule has 3 rings (SSSR count). The van der Waals surface area contributed by atoms with Gasteiger partial charge in [-0.3, -0.25) is 0 Å². The first-order valence-corrected chi connectivity index (χ1v) is 6.89. The minimum Gasteiger partial charge on any atom is -0.383 e. The predicted molar refractivity (Wildman–Crippen MR) is 77.2 cm³/mol. The number of fused-ring (bicyclic) bond motifs is 1. The maximum atomic E-state index is 3.59. The Morgan fingerprint density at radius 3 is 3.06 bits per heavy atom. The number of rotatable bonds is 4. The fourth-order valence-electron chi connectivity index (χ4n) is 2.88. The molecule has 1 aliphatic rings. The van der Waals surface area contributed by atoms with E-state index in [1.54, 1.807) is 0 Å². The SMILES string of the molecule is Cc1[nH]c2ccccc2c1NCCC1CCCN1. The minimum absolute atomic E-state index is 0.711. The third-order valence-electron chi connectivity index (χ3n) is 3.85. The maximum Gasteiger partial charge on any atom is 0.0628 e. The summed E-state index contributed by atoms with van der Waals surface area (Å²) in [6.45, 7) is 4.37. The molecule has 1 unspecified atom stereocenters. The van der Waals surface area contributed by atoms with Gasteiger partial charge in [-0.05, 0) is 38.8 Å². The van der Waals surface area contributed by atoms with Gasteiger partial charge in [0.1, 0.15) is 0 Å². The fourth-order valence-corrected chi connectivity index (χ4v) is 2.88. The van der Waals surface area contributed by atoms with E-state index in [-0.39, 0.29) is 0 Å². The van der Waals surface area contributed by atoms with Gasteiger partial charge in [-0.15, -0.1) is 0 Å². The molecule has 0 spiro atoms. The average Bonchev–Trinajstić information content (AvgIpc) is 2.98. The zero-order valence-corrected chi connectivity index (χ0v) is 10.9. The van der Waals surface area contributed by atoms with E-state index in [1.165, 1.54) is 48.1 Å². The van der Waals surface area contributed by atoms with Crippen molar-refractivity contribution in [1.82, 2.24) is 10.3 Å². The molecule has 0 radical (unpaired) electrons. The van der Waals surface area contributed by atoms with Crippen molar-refractivity contribution < 1.29 is 0 Å². The van der Waals surface area contributed by atoms with E-state index in [4.69, 9.17) is 0 Å². The maximum absolute atomic E-state index is 3.59. The molecule has 0 amide bonds. The number of nitrogens with one attached hydrogen (secondary N) is 3. The van der Waals surface area contributed by atoms with Gasteiger partial charge in [0.15, 0.2) is 0 Å². The number of para-hydroxylation sites is 1. The Balaban J connectivity index is 1.68. The van der Waals surface area contributed by atoms with Crippen LogP contribution in [-0.2, 0) is 0 Å². The molecule has 1 saturated heterocycles. The number of anilines is 1. The van der Waals surface area contributed by atoms with Crippen molar-refractivity contribution in [3.8, 4) is 0 Å². The van der Waals surface area contributed by atoms with Crippen LogP contribution in [0.5, 0.6) is 0 Å². The molecule has 18 heavy (non-hydrogen) atoms. The number of benzene rings is 1. The first-order chi connectivity index (χ1) is 8.84. The molecule has 2 heterocycles. The molecular weight excluding hydrogens is 222 g/mol. The molecule has 1 aliphatic heterocycles. The lowest BCUT2D eigenvalue weighted by Crippen LogP contribution is -2.24. The first kappa shape index (κ1) is 11.6. The van der Waals surface area contributed by atoms with E-state index in [0.29, 0.717) is 6.04 Å². The number of aryl methyl sites for hydroxylation is 1. The van der Waals surface area contributed by atoms with Crippen molar-refractivity contribution in [3.63, 3.8) is 0 Å². The van der Waals surface area contributed by atoms with Crippen molar-refractivity contribution in [3.05, 3.63) is 30.0 Å². The predicted octanol–water partition coefficient (Wildman–Crippen LogP) is 3.03. The highest BCUT2D eigenvalue weighted by Crippen LogP contribution is 2.26. The van der Waals surface area contributed by atoms with Gasteiger partial charge in [-0.2, -0.15) is 0 Å². The highest BCUT2D eigenvalue weighted by atomic mass is 15.0. The third kappa shape index (κ3) is 2.23. The van der Waals surface area contributed by atoms with Gasteiger partial charge in [0.2, 0.25) is 0 Å². The highest BCUT2D eigenvalue weighted by Gasteiger charge is 2.13. The van der Waals surface area contributed by atoms with Crippen LogP contribution in [-0.4, -0.2) is 24.1 Å². The van der Waals surface area contributed by atoms with E-state index in [1.807, 2.05) is 0 Å². The van der Waals surface area contributed by atoms with Crippen LogP contribution in [0.25, 0.3) is 10.9 Å². The van der Waals surface area contributed by atoms with Crippen molar-refractivity contribution in [2.45, 2.75) is 32.2 Å². The molecule has 0 bridgehead atoms. The molecule has 3 heteroatoms. The van der Waals surface area contributed by atoms with Crippen LogP contribution >= 0.6 is 0 Å². The second-order valence-electron chi connectivity index (χ2n) is 5.18. The Kier molecular flexibility index (Phi) is 3.24. The monoisotopic (exact) mass is 243 g/mol. The molecule has 0 saturated carbocycles. The average molecular weight is 243 g/mol. The summed E-state index contributed by atoms with van der Waals surface area (Å²) >= 11 is 0. The molecule has 0 aliphatic carbocycles. The largest absolute Gasteiger partial charge is 0.383 e. The van der Waals surface area contributed by atoms with Gasteiger partial charge in [0.25, 0.3) is 0 Å². The van der Waals surface area contributed by atoms with Crippen molar-refractivity contribution >= 4 is 16.6 Å². The summed E-state index contributed by atoms with van der Waals surface area (Å²) in [5, 5.41) is 8.43. The number of hydrogen-bond acceptors (Lipinski definition) is 2. The van der Waals surface area contributed by atoms with Crippen molar-refractivity contribution in [2.24, 2.45) is 0 Å². The van der Waals surface area contributed by atoms with Gasteiger partial charge in [0, 0.05) is 29.2 Å². The van der Waals surface area contributed by atoms with Crippen molar-refractivity contribution in [2.75, 3.05) is 18.4 Å². The Morgan fingerprint density at radius 2 is 2.22 bits per heavy atom. The standard InChI is InChI=1S/C15H21N3/c1-11-15(13-6-2-3-7-14(13)18-11)17-10-8-12-5-4-9-16-12/h2-3,6-7,12,16-18H,4-5,8-10H2,1H3. The molecule has 1 atom stereocenters. The van der Waals surface area contributed by atoms with E-state index in [2.05, 4.69) is 46.8 Å². The Hall–Kier alpha value is -1.48. The topological polar surface area (TPSA) is 39.9 Å². The van der Waals surface area contributed by atoms with E-state index < -0.39 is 0 Å². The molecule has 1 aromatic heterocycles. The summed E-state index contributed by atoms with van der Waals surface area (Å²) in [5.41, 5.74) is 3.72. The van der Waals surface area contributed by atoms with Gasteiger partial charge < -0.3 is 15.6 Å². The minimum atomic E-state index is 0.711. The molecular formula is C15H21N3. The molecule has 3 nitrogen and oxygen atoms in total. The summed E-state index contributed by atoms with van der Waals surface area (Å²) in [7, 11) is 0. The van der Waals surface area contributed by atoms with Gasteiger partial charge in [-0.1, -0.05) is 18.2 Å². The van der Waals surface area contributed by atoms with Crippen LogP contribution in [0, 0.1) is 6.92 Å². The molecule has 3 N–H and O–H groups in total. The summed E-state index contributed by atoms with van der Waals surface area (Å²) in [4.78, 5) is 3.43. The summed E-state index contributed by atoms with van der Waals surface area (Å²) < 4.78 is 0. The lowest BCUT2D eigenvalue weighted by Gasteiger charge is -2.11. The van der Waals surface area contributed by atoms with E-state index >= 15 is 0 Å². The molecule has 2 aromatic rings. The fraction of sp³-hybridized carbons (Fsp3) is 0.467. The third-order valence-corrected chi connectivity index (χ3v) is 3.85. The smallest absolute Gasteiger partial charge is 0.0628 e. The lowest BCUT2D eigenvalue weighted by molar-refractivity contribution is 0.574. The second-order valence-corrected chi connectivity index (χ2v) is 5.18. The first-order valence-electron chi connectivity index (χ1n) is 6.89. The molecule has 1 aromatic carbocycles. The van der Waals surface area contributed by atoms with Crippen LogP contribution in [0.4, 0.5) is 5.69 Å². The zero-order valence-electron chi connectivity index (χ0n) is 10.9. The normalized spacial score (nSPS) is 19.5. The number of H-pyrrole nitrogens is 1. The van der Waals surface area contributed by atoms with Gasteiger partial charge in [-0.25, -0.2) is 0 Å². The van der Waals surface area contributed by atoms with Crippen LogP contribution in [0.1, 0.15) is 25.0 Å². The van der Waals surface area contributed by atoms with Crippen LogP contribution in [0.3, 0.4) is 0 Å². The van der Waals surface area contributed by atoms with Crippen LogP contribution < -0.4 is 10.6 Å². The number of aromatic amines is 1. The van der Waals surface area contributed by atoms with E-state index in [9.17, 15) is 0 Å². The summed E-state index contributed by atoms with van der Waals surface area (Å²) in [6.07, 6.45) is 3.87. The molecule has 1 fully saturated rings. The highest BCUT2D eigenvalue weighted by molar-refractivity contribution is 5.94. The van der Waals surface area contributed by atoms with Crippen molar-refractivity contribution in [1.29, 1.82) is 0 Å². The Morgan fingerprint density at radius 1 is 1.33 bits per heavy atom. The van der Waals surface area contributed by atoms with Gasteiger partial charge >= 0.3 is 0 Å².